The van der Waals surface area contributed by atoms with Crippen molar-refractivity contribution in [3.8, 4) is 0 Å². The van der Waals surface area contributed by atoms with Crippen molar-refractivity contribution in [2.75, 3.05) is 27.2 Å². The number of rotatable bonds is 4. The van der Waals surface area contributed by atoms with Gasteiger partial charge in [0.25, 0.3) is 0 Å². The van der Waals surface area contributed by atoms with Crippen LogP contribution in [0.3, 0.4) is 0 Å². The quantitative estimate of drug-likeness (QED) is 0.674. The fraction of sp³-hybridized carbons (Fsp3) is 0.727. The first kappa shape index (κ1) is 19.5. The highest BCUT2D eigenvalue weighted by Crippen LogP contribution is 2.08. The molecule has 0 aliphatic heterocycles. The largest absolute Gasteiger partial charge is 0.480 e. The van der Waals surface area contributed by atoms with Crippen LogP contribution < -0.4 is 5.32 Å². The average molecular weight is 278 g/mol. The van der Waals surface area contributed by atoms with Gasteiger partial charge in [0.05, 0.1) is 6.54 Å². The van der Waals surface area contributed by atoms with Crippen LogP contribution >= 0.6 is 0 Å². The molecule has 19 heavy (non-hydrogen) atoms. The van der Waals surface area contributed by atoms with Crippen LogP contribution in [0.5, 0.6) is 0 Å². The second-order valence-corrected chi connectivity index (χ2v) is 4.65. The van der Waals surface area contributed by atoms with Crippen molar-refractivity contribution in [2.24, 2.45) is 0 Å². The number of amides is 1. The number of nitrogens with one attached hydrogen (secondary N) is 1. The van der Waals surface area contributed by atoms with Gasteiger partial charge < -0.3 is 25.2 Å². The van der Waals surface area contributed by atoms with Crippen molar-refractivity contribution >= 4 is 18.0 Å². The van der Waals surface area contributed by atoms with Gasteiger partial charge in [0.1, 0.15) is 12.1 Å². The number of ether oxygens (including phenoxy) is 1. The molecule has 0 atom stereocenters. The standard InChI is InChI=1S/C8H15NO4.C3H7NO2/c1-8(2,3)13-7(12)9(4)5-6(10)11;1-4-2-3(5)6/h5H2,1-4H3,(H,10,11);4H,2H2,1H3,(H,5,6). The van der Waals surface area contributed by atoms with Crippen molar-refractivity contribution < 1.29 is 29.3 Å². The third kappa shape index (κ3) is 16.2. The Hall–Kier alpha value is -1.83. The summed E-state index contributed by atoms with van der Waals surface area (Å²) in [7, 11) is 2.97. The molecule has 0 fully saturated rings. The van der Waals surface area contributed by atoms with Crippen LogP contribution in [0.25, 0.3) is 0 Å². The van der Waals surface area contributed by atoms with Gasteiger partial charge in [0.15, 0.2) is 0 Å². The van der Waals surface area contributed by atoms with Crippen molar-refractivity contribution in [1.82, 2.24) is 10.2 Å². The summed E-state index contributed by atoms with van der Waals surface area (Å²) in [6.45, 7) is 4.85. The van der Waals surface area contributed by atoms with E-state index in [0.29, 0.717) is 0 Å². The van der Waals surface area contributed by atoms with Crippen LogP contribution in [-0.2, 0) is 14.3 Å². The normalized spacial score (nSPS) is 9.95. The maximum absolute atomic E-state index is 11.1. The molecule has 0 saturated heterocycles. The molecule has 8 nitrogen and oxygen atoms in total. The molecule has 0 aliphatic carbocycles. The van der Waals surface area contributed by atoms with E-state index in [9.17, 15) is 14.4 Å². The lowest BCUT2D eigenvalue weighted by atomic mass is 10.2. The highest BCUT2D eigenvalue weighted by molar-refractivity contribution is 5.76. The van der Waals surface area contributed by atoms with Gasteiger partial charge in [-0.2, -0.15) is 0 Å². The van der Waals surface area contributed by atoms with Gasteiger partial charge in [0, 0.05) is 7.05 Å². The Kier molecular flexibility index (Phi) is 9.39. The number of carboxylic acid groups (broad SMARTS) is 2. The summed E-state index contributed by atoms with van der Waals surface area (Å²) >= 11 is 0. The molecule has 0 aromatic carbocycles. The highest BCUT2D eigenvalue weighted by atomic mass is 16.6. The first-order valence-electron chi connectivity index (χ1n) is 5.52. The van der Waals surface area contributed by atoms with E-state index in [1.165, 1.54) is 7.05 Å². The van der Waals surface area contributed by atoms with E-state index in [1.807, 2.05) is 0 Å². The highest BCUT2D eigenvalue weighted by Gasteiger charge is 2.20. The predicted octanol–water partition coefficient (Wildman–Crippen LogP) is 0.228. The maximum atomic E-state index is 11.1. The molecule has 0 radical (unpaired) electrons. The molecule has 0 spiro atoms. The number of carbonyl (C=O) groups is 3. The van der Waals surface area contributed by atoms with Crippen LogP contribution in [0.4, 0.5) is 4.79 Å². The fourth-order valence-corrected chi connectivity index (χ4v) is 0.759. The topological polar surface area (TPSA) is 116 Å². The molecule has 8 heteroatoms. The van der Waals surface area contributed by atoms with Gasteiger partial charge in [0.2, 0.25) is 0 Å². The zero-order valence-corrected chi connectivity index (χ0v) is 11.9. The smallest absolute Gasteiger partial charge is 0.410 e. The fourth-order valence-electron chi connectivity index (χ4n) is 0.759. The van der Waals surface area contributed by atoms with Gasteiger partial charge in [-0.1, -0.05) is 0 Å². The Labute approximate surface area is 112 Å². The minimum atomic E-state index is -1.06. The third-order valence-corrected chi connectivity index (χ3v) is 1.41. The van der Waals surface area contributed by atoms with Gasteiger partial charge in [-0.05, 0) is 27.8 Å². The van der Waals surface area contributed by atoms with E-state index in [1.54, 1.807) is 27.8 Å². The molecule has 0 saturated carbocycles. The summed E-state index contributed by atoms with van der Waals surface area (Å²) < 4.78 is 4.92. The number of aliphatic carboxylic acids is 2. The Morgan fingerprint density at radius 3 is 1.84 bits per heavy atom. The minimum absolute atomic E-state index is 0.0417. The van der Waals surface area contributed by atoms with Crippen LogP contribution in [0.2, 0.25) is 0 Å². The lowest BCUT2D eigenvalue weighted by Crippen LogP contribution is -2.37. The molecule has 0 unspecified atom stereocenters. The van der Waals surface area contributed by atoms with E-state index < -0.39 is 23.6 Å². The molecule has 0 aromatic rings. The van der Waals surface area contributed by atoms with Crippen LogP contribution in [0.15, 0.2) is 0 Å². The van der Waals surface area contributed by atoms with Gasteiger partial charge >= 0.3 is 18.0 Å². The molecule has 0 rings (SSSR count). The predicted molar refractivity (Wildman–Crippen MR) is 68.1 cm³/mol. The molecule has 0 heterocycles. The summed E-state index contributed by atoms with van der Waals surface area (Å²) in [5.41, 5.74) is -0.593. The van der Waals surface area contributed by atoms with E-state index in [4.69, 9.17) is 14.9 Å². The second-order valence-electron chi connectivity index (χ2n) is 4.65. The summed E-state index contributed by atoms with van der Waals surface area (Å²) in [6.07, 6.45) is -0.630. The molecule has 112 valence electrons. The number of carbonyl (C=O) groups excluding carboxylic acids is 1. The van der Waals surface area contributed by atoms with Crippen molar-refractivity contribution in [2.45, 2.75) is 26.4 Å². The molecule has 0 aliphatic rings. The van der Waals surface area contributed by atoms with Gasteiger partial charge in [-0.3, -0.25) is 9.59 Å². The summed E-state index contributed by atoms with van der Waals surface area (Å²) in [6, 6.07) is 0. The van der Waals surface area contributed by atoms with Crippen LogP contribution in [-0.4, -0.2) is 65.9 Å². The number of carboxylic acids is 2. The lowest BCUT2D eigenvalue weighted by molar-refractivity contribution is -0.138. The number of nitrogens with zero attached hydrogens (tertiary/aromatic N) is 1. The van der Waals surface area contributed by atoms with E-state index in [-0.39, 0.29) is 13.1 Å². The average Bonchev–Trinajstić information content (AvgIpc) is 2.14. The number of hydrogen-bond acceptors (Lipinski definition) is 5. The zero-order valence-electron chi connectivity index (χ0n) is 11.9. The maximum Gasteiger partial charge on any atom is 0.410 e. The van der Waals surface area contributed by atoms with Crippen molar-refractivity contribution in [3.63, 3.8) is 0 Å². The van der Waals surface area contributed by atoms with E-state index in [2.05, 4.69) is 5.32 Å². The second kappa shape index (κ2) is 9.15. The monoisotopic (exact) mass is 278 g/mol. The first-order valence-corrected chi connectivity index (χ1v) is 5.52. The van der Waals surface area contributed by atoms with Crippen molar-refractivity contribution in [3.05, 3.63) is 0 Å². The Balaban J connectivity index is 0. The molecule has 1 amide bonds. The molecule has 3 N–H and O–H groups in total. The van der Waals surface area contributed by atoms with Crippen molar-refractivity contribution in [1.29, 1.82) is 0 Å². The zero-order chi connectivity index (χ0) is 15.6. The molecule has 0 aromatic heterocycles. The third-order valence-electron chi connectivity index (χ3n) is 1.41. The number of hydrogen-bond donors (Lipinski definition) is 3. The van der Waals surface area contributed by atoms with Gasteiger partial charge in [-0.25, -0.2) is 4.79 Å². The van der Waals surface area contributed by atoms with Crippen LogP contribution in [0, 0.1) is 0 Å². The molecule has 0 bridgehead atoms. The Morgan fingerprint density at radius 2 is 1.63 bits per heavy atom. The first-order chi connectivity index (χ1) is 8.49. The number of likely N-dealkylation sites (N-methyl/N-ethyl adjacent to an activating group) is 2. The van der Waals surface area contributed by atoms with E-state index in [0.717, 1.165) is 4.90 Å². The van der Waals surface area contributed by atoms with Gasteiger partial charge in [-0.15, -0.1) is 0 Å². The Bertz CT molecular complexity index is 311. The summed E-state index contributed by atoms with van der Waals surface area (Å²) in [5, 5.41) is 18.7. The summed E-state index contributed by atoms with van der Waals surface area (Å²) in [5.74, 6) is -1.88. The molecular formula is C11H22N2O6. The Morgan fingerprint density at radius 1 is 1.16 bits per heavy atom. The summed E-state index contributed by atoms with van der Waals surface area (Å²) in [4.78, 5) is 31.9. The SMILES string of the molecule is CN(CC(=O)O)C(=O)OC(C)(C)C.CNCC(=O)O. The van der Waals surface area contributed by atoms with E-state index >= 15 is 0 Å². The minimum Gasteiger partial charge on any atom is -0.480 e. The van der Waals surface area contributed by atoms with Crippen LogP contribution in [0.1, 0.15) is 20.8 Å². The lowest BCUT2D eigenvalue weighted by Gasteiger charge is -2.23. The molecular weight excluding hydrogens is 256 g/mol.